The van der Waals surface area contributed by atoms with Crippen LogP contribution in [0.25, 0.3) is 5.69 Å². The summed E-state index contributed by atoms with van der Waals surface area (Å²) < 4.78 is 112. The van der Waals surface area contributed by atoms with Crippen LogP contribution in [0.5, 0.6) is 5.75 Å². The Kier molecular flexibility index (Phi) is 13.9. The molecule has 1 aromatic heterocycles. The summed E-state index contributed by atoms with van der Waals surface area (Å²) in [5, 5.41) is 9.64. The van der Waals surface area contributed by atoms with Gasteiger partial charge in [0.2, 0.25) is 10.0 Å². The summed E-state index contributed by atoms with van der Waals surface area (Å²) in [6.07, 6.45) is -2.97. The molecule has 0 saturated carbocycles. The maximum absolute atomic E-state index is 15.2. The number of thioether (sulfide) groups is 1. The topological polar surface area (TPSA) is 113 Å². The molecular formula is C34H37ClF6N4O5S2. The predicted octanol–water partition coefficient (Wildman–Crippen LogP) is 6.24. The highest BCUT2D eigenvalue weighted by molar-refractivity contribution is 7.98. The fourth-order valence-electron chi connectivity index (χ4n) is 4.77. The third-order valence-electron chi connectivity index (χ3n) is 7.63. The molecule has 0 unspecified atom stereocenters. The molecule has 0 spiro atoms. The molecule has 1 N–H and O–H groups in total. The first-order valence-corrected chi connectivity index (χ1v) is 18.2. The normalized spacial score (nSPS) is 12.3. The number of methoxy groups -OCH3 is 1. The van der Waals surface area contributed by atoms with Gasteiger partial charge in [0, 0.05) is 35.4 Å². The second kappa shape index (κ2) is 16.9. The Morgan fingerprint density at radius 1 is 1.02 bits per heavy atom. The van der Waals surface area contributed by atoms with Crippen molar-refractivity contribution in [3.05, 3.63) is 100 Å². The molecular weight excluding hydrogens is 758 g/mol. The van der Waals surface area contributed by atoms with Gasteiger partial charge < -0.3 is 19.1 Å². The van der Waals surface area contributed by atoms with Gasteiger partial charge in [-0.2, -0.15) is 13.2 Å². The van der Waals surface area contributed by atoms with Gasteiger partial charge in [0.1, 0.15) is 29.2 Å². The highest BCUT2D eigenvalue weighted by atomic mass is 35.5. The number of imidazole rings is 1. The number of carboxylic acids is 1. The molecule has 0 bridgehead atoms. The second-order valence-corrected chi connectivity index (χ2v) is 16.0. The van der Waals surface area contributed by atoms with E-state index in [-0.39, 0.29) is 17.9 Å². The zero-order valence-electron chi connectivity index (χ0n) is 28.9. The number of nitrogens with one attached hydrogen (secondary N) is 1. The Balaban J connectivity index is 0.000000944. The minimum atomic E-state index is -5.19. The van der Waals surface area contributed by atoms with Crippen molar-refractivity contribution in [2.45, 2.75) is 47.7 Å². The van der Waals surface area contributed by atoms with Crippen LogP contribution in [-0.2, 0) is 26.0 Å². The number of carbonyl (C=O) groups is 1. The van der Waals surface area contributed by atoms with Gasteiger partial charge in [-0.1, -0.05) is 43.3 Å². The van der Waals surface area contributed by atoms with Gasteiger partial charge in [0.25, 0.3) is 0 Å². The number of benzene rings is 3. The number of aromatic nitrogens is 2. The maximum atomic E-state index is 15.2. The van der Waals surface area contributed by atoms with Gasteiger partial charge in [-0.25, -0.2) is 31.3 Å². The number of halogens is 7. The summed E-state index contributed by atoms with van der Waals surface area (Å²) in [6, 6.07) is 12.9. The highest BCUT2D eigenvalue weighted by Crippen LogP contribution is 2.39. The largest absolute Gasteiger partial charge is 0.542 e. The molecule has 0 saturated heterocycles. The summed E-state index contributed by atoms with van der Waals surface area (Å²) in [5.41, 5.74) is 1.23. The van der Waals surface area contributed by atoms with Crippen molar-refractivity contribution in [2.75, 3.05) is 41.3 Å². The first-order chi connectivity index (χ1) is 24.0. The van der Waals surface area contributed by atoms with Crippen molar-refractivity contribution >= 4 is 39.4 Å². The number of hydrogen-bond acceptors (Lipinski definition) is 7. The summed E-state index contributed by atoms with van der Waals surface area (Å²) in [7, 11) is 3.38. The highest BCUT2D eigenvalue weighted by Gasteiger charge is 2.31. The number of quaternary nitrogens is 1. The van der Waals surface area contributed by atoms with Gasteiger partial charge in [0.05, 0.1) is 56.6 Å². The van der Waals surface area contributed by atoms with Gasteiger partial charge in [0.15, 0.2) is 5.16 Å². The molecule has 3 aromatic carbocycles. The quantitative estimate of drug-likeness (QED) is 0.0738. The third kappa shape index (κ3) is 11.1. The molecule has 284 valence electrons. The number of alkyl halides is 3. The number of sulfonamides is 1. The number of carbonyl (C=O) groups excluding carboxylic acids is 1. The molecule has 9 nitrogen and oxygen atoms in total. The lowest BCUT2D eigenvalue weighted by Crippen LogP contribution is -2.37. The zero-order chi connectivity index (χ0) is 39.2. The van der Waals surface area contributed by atoms with Crippen LogP contribution in [-0.4, -0.2) is 75.9 Å². The first kappa shape index (κ1) is 42.6. The van der Waals surface area contributed by atoms with E-state index in [1.54, 1.807) is 29.0 Å². The number of nitrogens with zero attached hydrogens (tertiary/aromatic N) is 3. The lowest BCUT2D eigenvalue weighted by molar-refractivity contribution is -0.870. The van der Waals surface area contributed by atoms with E-state index in [1.165, 1.54) is 19.2 Å². The van der Waals surface area contributed by atoms with E-state index in [0.29, 0.717) is 32.5 Å². The number of rotatable bonds is 13. The van der Waals surface area contributed by atoms with Crippen LogP contribution in [0.4, 0.5) is 26.3 Å². The van der Waals surface area contributed by atoms with Crippen LogP contribution < -0.4 is 14.6 Å². The van der Waals surface area contributed by atoms with E-state index >= 15 is 8.78 Å². The molecule has 0 aliphatic rings. The Labute approximate surface area is 307 Å². The average Bonchev–Trinajstić information content (AvgIpc) is 3.47. The van der Waals surface area contributed by atoms with Crippen molar-refractivity contribution in [1.29, 1.82) is 0 Å². The Bertz CT molecular complexity index is 1960. The minimum absolute atomic E-state index is 0.145. The van der Waals surface area contributed by atoms with Crippen molar-refractivity contribution in [3.8, 4) is 11.4 Å². The van der Waals surface area contributed by atoms with Gasteiger partial charge in [-0.15, -0.1) is 0 Å². The van der Waals surface area contributed by atoms with Crippen LogP contribution in [0, 0.1) is 17.5 Å². The van der Waals surface area contributed by atoms with Crippen molar-refractivity contribution in [3.63, 3.8) is 0 Å². The van der Waals surface area contributed by atoms with E-state index < -0.39 is 49.9 Å². The van der Waals surface area contributed by atoms with Gasteiger partial charge >= 0.3 is 6.18 Å². The maximum Gasteiger partial charge on any atom is 0.430 e. The second-order valence-electron chi connectivity index (χ2n) is 12.9. The summed E-state index contributed by atoms with van der Waals surface area (Å²) in [4.78, 5) is 12.9. The molecule has 0 fully saturated rings. The van der Waals surface area contributed by atoms with Crippen molar-refractivity contribution in [2.24, 2.45) is 0 Å². The molecule has 1 heterocycles. The van der Waals surface area contributed by atoms with Gasteiger partial charge in [-0.3, -0.25) is 4.57 Å². The number of hydrogen-bond donors (Lipinski definition) is 1. The molecule has 0 aliphatic heterocycles. The number of aliphatic carboxylic acids is 1. The Hall–Kier alpha value is -3.77. The molecule has 4 aromatic rings. The van der Waals surface area contributed by atoms with E-state index in [9.17, 15) is 26.0 Å². The average molecular weight is 795 g/mol. The summed E-state index contributed by atoms with van der Waals surface area (Å²) in [6.45, 7) is 4.83. The standard InChI is InChI=1S/C32H37ClF3N4O3S2.C2HF3O2/c1-32(2,21-8-13-26(33)29(16-21)43-6)30-19-37-31(39(30)23-11-9-22(34)10-12-23)44-20-25-27(35)17-24(18-28(25)36)45(41,42)38-14-7-15-40(3,4)5;3-2(4,5)1(6)7/h8-13,16-19,38H,7,14-15,20H2,1-6H3;(H,6,7)/q+1;/p-1. The van der Waals surface area contributed by atoms with E-state index in [2.05, 4.69) is 9.71 Å². The molecule has 18 heteroatoms. The third-order valence-corrected chi connectivity index (χ3v) is 10.4. The SMILES string of the molecule is COc1cc(C(C)(C)c2cnc(SCc3c(F)cc(S(=O)(=O)NCCC[N+](C)(C)C)cc3F)n2-c2ccc(F)cc2)ccc1Cl.O=C([O-])C(F)(F)F. The molecule has 0 atom stereocenters. The van der Waals surface area contributed by atoms with Gasteiger partial charge in [-0.05, 0) is 54.1 Å². The predicted molar refractivity (Wildman–Crippen MR) is 183 cm³/mol. The van der Waals surface area contributed by atoms with Crippen molar-refractivity contribution in [1.82, 2.24) is 14.3 Å². The molecule has 0 amide bonds. The molecule has 4 rings (SSSR count). The van der Waals surface area contributed by atoms with E-state index in [4.69, 9.17) is 26.2 Å². The summed E-state index contributed by atoms with van der Waals surface area (Å²) in [5.74, 6) is -5.07. The fourth-order valence-corrected chi connectivity index (χ4v) is 7.07. The van der Waals surface area contributed by atoms with Crippen LogP contribution >= 0.6 is 23.4 Å². The molecule has 52 heavy (non-hydrogen) atoms. The monoisotopic (exact) mass is 794 g/mol. The lowest BCUT2D eigenvalue weighted by atomic mass is 9.81. The Morgan fingerprint density at radius 3 is 2.12 bits per heavy atom. The lowest BCUT2D eigenvalue weighted by Gasteiger charge is -2.28. The van der Waals surface area contributed by atoms with Crippen molar-refractivity contribution < 1.29 is 53.9 Å². The number of carboxylic acid groups (broad SMARTS) is 1. The number of ether oxygens (including phenoxy) is 1. The van der Waals surface area contributed by atoms with Crippen LogP contribution in [0.15, 0.2) is 70.8 Å². The smallest absolute Gasteiger partial charge is 0.430 e. The minimum Gasteiger partial charge on any atom is -0.542 e. The summed E-state index contributed by atoms with van der Waals surface area (Å²) >= 11 is 7.33. The van der Waals surface area contributed by atoms with Crippen LogP contribution in [0.3, 0.4) is 0 Å². The van der Waals surface area contributed by atoms with E-state index in [1.807, 2.05) is 47.1 Å². The zero-order valence-corrected chi connectivity index (χ0v) is 31.3. The fraction of sp³-hybridized carbons (Fsp3) is 0.353. The van der Waals surface area contributed by atoms with E-state index in [0.717, 1.165) is 41.7 Å². The Morgan fingerprint density at radius 2 is 1.60 bits per heavy atom. The van der Waals surface area contributed by atoms with Crippen LogP contribution in [0.2, 0.25) is 5.02 Å². The molecule has 0 aliphatic carbocycles. The first-order valence-electron chi connectivity index (χ1n) is 15.3. The molecule has 0 radical (unpaired) electrons. The van der Waals surface area contributed by atoms with Crippen LogP contribution in [0.1, 0.15) is 37.1 Å².